The highest BCUT2D eigenvalue weighted by molar-refractivity contribution is 5.95. The quantitative estimate of drug-likeness (QED) is 0.766. The fourth-order valence-electron chi connectivity index (χ4n) is 3.21. The predicted octanol–water partition coefficient (Wildman–Crippen LogP) is 2.61. The SMILES string of the molecule is CCNc1cc(N2CCN(C(=O)c3cc(F)c(F)c(OC)c3F)CC2)nc(C)n1. The van der Waals surface area contributed by atoms with Gasteiger partial charge < -0.3 is 19.9 Å². The Bertz CT molecular complexity index is 917. The number of aryl methyl sites for hydroxylation is 1. The van der Waals surface area contributed by atoms with E-state index in [1.54, 1.807) is 6.92 Å². The van der Waals surface area contributed by atoms with Crippen LogP contribution in [0.25, 0.3) is 0 Å². The van der Waals surface area contributed by atoms with E-state index in [1.807, 2.05) is 17.9 Å². The first-order valence-electron chi connectivity index (χ1n) is 9.21. The zero-order valence-electron chi connectivity index (χ0n) is 16.4. The number of hydrogen-bond donors (Lipinski definition) is 1. The van der Waals surface area contributed by atoms with Gasteiger partial charge in [0, 0.05) is 38.8 Å². The van der Waals surface area contributed by atoms with E-state index in [1.165, 1.54) is 4.90 Å². The summed E-state index contributed by atoms with van der Waals surface area (Å²) >= 11 is 0. The largest absolute Gasteiger partial charge is 0.491 e. The lowest BCUT2D eigenvalue weighted by molar-refractivity contribution is 0.0740. The Morgan fingerprint density at radius 1 is 1.14 bits per heavy atom. The molecule has 1 N–H and O–H groups in total. The molecule has 1 amide bonds. The van der Waals surface area contributed by atoms with Crippen molar-refractivity contribution in [2.45, 2.75) is 13.8 Å². The first-order valence-corrected chi connectivity index (χ1v) is 9.21. The van der Waals surface area contributed by atoms with Gasteiger partial charge in [-0.15, -0.1) is 0 Å². The number of halogens is 3. The second kappa shape index (κ2) is 8.54. The van der Waals surface area contributed by atoms with Gasteiger partial charge in [0.1, 0.15) is 17.5 Å². The molecule has 7 nitrogen and oxygen atoms in total. The third-order valence-corrected chi connectivity index (χ3v) is 4.62. The van der Waals surface area contributed by atoms with Crippen LogP contribution in [-0.2, 0) is 0 Å². The highest BCUT2D eigenvalue weighted by atomic mass is 19.2. The van der Waals surface area contributed by atoms with Crippen molar-refractivity contribution in [2.75, 3.05) is 50.1 Å². The number of anilines is 2. The monoisotopic (exact) mass is 409 g/mol. The predicted molar refractivity (Wildman–Crippen MR) is 102 cm³/mol. The summed E-state index contributed by atoms with van der Waals surface area (Å²) < 4.78 is 46.3. The van der Waals surface area contributed by atoms with E-state index in [-0.39, 0.29) is 13.1 Å². The Morgan fingerprint density at radius 2 is 1.83 bits per heavy atom. The highest BCUT2D eigenvalue weighted by Gasteiger charge is 2.29. The third-order valence-electron chi connectivity index (χ3n) is 4.62. The maximum absolute atomic E-state index is 14.4. The Hall–Kier alpha value is -3.04. The number of aromatic nitrogens is 2. The zero-order valence-corrected chi connectivity index (χ0v) is 16.4. The number of rotatable bonds is 5. The van der Waals surface area contributed by atoms with E-state index in [2.05, 4.69) is 20.0 Å². The molecule has 2 aromatic rings. The van der Waals surface area contributed by atoms with Crippen molar-refractivity contribution in [3.63, 3.8) is 0 Å². The second-order valence-electron chi connectivity index (χ2n) is 6.54. The topological polar surface area (TPSA) is 70.6 Å². The summed E-state index contributed by atoms with van der Waals surface area (Å²) in [7, 11) is 1.01. The molecule has 1 aromatic heterocycles. The molecular formula is C19H22F3N5O2. The summed E-state index contributed by atoms with van der Waals surface area (Å²) in [5.74, 6) is -3.57. The summed E-state index contributed by atoms with van der Waals surface area (Å²) in [6, 6.07) is 2.40. The third kappa shape index (κ3) is 4.20. The van der Waals surface area contributed by atoms with E-state index in [0.717, 1.165) is 19.5 Å². The van der Waals surface area contributed by atoms with E-state index in [0.29, 0.717) is 30.8 Å². The molecule has 0 spiro atoms. The van der Waals surface area contributed by atoms with Gasteiger partial charge in [0.25, 0.3) is 5.91 Å². The molecule has 10 heteroatoms. The number of ether oxygens (including phenoxy) is 1. The molecule has 3 rings (SSSR count). The van der Waals surface area contributed by atoms with Crippen LogP contribution in [0.1, 0.15) is 23.1 Å². The molecule has 0 aliphatic carbocycles. The summed E-state index contributed by atoms with van der Waals surface area (Å²) in [6.45, 7) is 5.95. The Labute approximate surface area is 166 Å². The number of carbonyl (C=O) groups is 1. The van der Waals surface area contributed by atoms with Crippen LogP contribution in [-0.4, -0.2) is 60.6 Å². The Kier molecular flexibility index (Phi) is 6.09. The summed E-state index contributed by atoms with van der Waals surface area (Å²) in [4.78, 5) is 24.8. The lowest BCUT2D eigenvalue weighted by Gasteiger charge is -2.35. The van der Waals surface area contributed by atoms with Gasteiger partial charge in [0.05, 0.1) is 12.7 Å². The first-order chi connectivity index (χ1) is 13.8. The number of amides is 1. The number of piperazine rings is 1. The molecule has 0 bridgehead atoms. The summed E-state index contributed by atoms with van der Waals surface area (Å²) in [5, 5.41) is 3.14. The lowest BCUT2D eigenvalue weighted by atomic mass is 10.1. The molecule has 0 radical (unpaired) electrons. The minimum Gasteiger partial charge on any atom is -0.491 e. The summed E-state index contributed by atoms with van der Waals surface area (Å²) in [6.07, 6.45) is 0. The molecule has 1 aliphatic heterocycles. The van der Waals surface area contributed by atoms with E-state index < -0.39 is 34.7 Å². The molecule has 1 fully saturated rings. The van der Waals surface area contributed by atoms with Crippen LogP contribution in [0, 0.1) is 24.4 Å². The van der Waals surface area contributed by atoms with Gasteiger partial charge in [-0.25, -0.2) is 18.7 Å². The van der Waals surface area contributed by atoms with Gasteiger partial charge in [-0.1, -0.05) is 0 Å². The fraction of sp³-hybridized carbons (Fsp3) is 0.421. The molecule has 0 atom stereocenters. The molecule has 2 heterocycles. The van der Waals surface area contributed by atoms with E-state index in [9.17, 15) is 18.0 Å². The van der Waals surface area contributed by atoms with Crippen molar-refractivity contribution >= 4 is 17.5 Å². The lowest BCUT2D eigenvalue weighted by Crippen LogP contribution is -2.49. The molecule has 0 unspecified atom stereocenters. The van der Waals surface area contributed by atoms with Gasteiger partial charge in [-0.3, -0.25) is 4.79 Å². The summed E-state index contributed by atoms with van der Waals surface area (Å²) in [5.41, 5.74) is -0.554. The molecule has 156 valence electrons. The normalized spacial score (nSPS) is 14.1. The number of hydrogen-bond acceptors (Lipinski definition) is 6. The van der Waals surface area contributed by atoms with Crippen LogP contribution in [0.5, 0.6) is 5.75 Å². The highest BCUT2D eigenvalue weighted by Crippen LogP contribution is 2.28. The standard InChI is InChI=1S/C19H22F3N5O2/c1-4-23-14-10-15(25-11(2)24-14)26-5-7-27(8-6-26)19(28)12-9-13(20)17(22)18(29-3)16(12)21/h9-10H,4-8H2,1-3H3,(H,23,24,25). The van der Waals surface area contributed by atoms with Crippen molar-refractivity contribution in [3.05, 3.63) is 41.0 Å². The number of carbonyl (C=O) groups excluding carboxylic acids is 1. The van der Waals surface area contributed by atoms with Crippen LogP contribution < -0.4 is 15.0 Å². The molecule has 1 saturated heterocycles. The maximum Gasteiger partial charge on any atom is 0.257 e. The molecule has 1 aromatic carbocycles. The van der Waals surface area contributed by atoms with Crippen molar-refractivity contribution in [1.29, 1.82) is 0 Å². The van der Waals surface area contributed by atoms with Crippen LogP contribution >= 0.6 is 0 Å². The van der Waals surface area contributed by atoms with Gasteiger partial charge >= 0.3 is 0 Å². The van der Waals surface area contributed by atoms with Crippen molar-refractivity contribution in [3.8, 4) is 5.75 Å². The fourth-order valence-corrected chi connectivity index (χ4v) is 3.21. The van der Waals surface area contributed by atoms with E-state index >= 15 is 0 Å². The zero-order chi connectivity index (χ0) is 21.1. The minimum atomic E-state index is -1.46. The van der Waals surface area contributed by atoms with Gasteiger partial charge in [0.15, 0.2) is 17.4 Å². The second-order valence-corrected chi connectivity index (χ2v) is 6.54. The number of nitrogens with one attached hydrogen (secondary N) is 1. The van der Waals surface area contributed by atoms with Gasteiger partial charge in [0.2, 0.25) is 5.82 Å². The average Bonchev–Trinajstić information content (AvgIpc) is 2.70. The van der Waals surface area contributed by atoms with E-state index in [4.69, 9.17) is 0 Å². The Morgan fingerprint density at radius 3 is 2.45 bits per heavy atom. The average molecular weight is 409 g/mol. The smallest absolute Gasteiger partial charge is 0.257 e. The van der Waals surface area contributed by atoms with Gasteiger partial charge in [-0.2, -0.15) is 4.39 Å². The van der Waals surface area contributed by atoms with Crippen LogP contribution in [0.2, 0.25) is 0 Å². The maximum atomic E-state index is 14.4. The molecule has 0 saturated carbocycles. The molecule has 29 heavy (non-hydrogen) atoms. The molecular weight excluding hydrogens is 387 g/mol. The number of nitrogens with zero attached hydrogens (tertiary/aromatic N) is 4. The van der Waals surface area contributed by atoms with Crippen molar-refractivity contribution in [2.24, 2.45) is 0 Å². The first kappa shape index (κ1) is 20.7. The van der Waals surface area contributed by atoms with Gasteiger partial charge in [-0.05, 0) is 19.9 Å². The molecule has 1 aliphatic rings. The van der Waals surface area contributed by atoms with Crippen LogP contribution in [0.3, 0.4) is 0 Å². The van der Waals surface area contributed by atoms with Crippen molar-refractivity contribution in [1.82, 2.24) is 14.9 Å². The van der Waals surface area contributed by atoms with Crippen LogP contribution in [0.4, 0.5) is 24.8 Å². The van der Waals surface area contributed by atoms with Crippen molar-refractivity contribution < 1.29 is 22.7 Å². The number of benzene rings is 1. The number of methoxy groups -OCH3 is 1. The minimum absolute atomic E-state index is 0.277. The Balaban J connectivity index is 1.75. The van der Waals surface area contributed by atoms with Crippen LogP contribution in [0.15, 0.2) is 12.1 Å².